The fourth-order valence-corrected chi connectivity index (χ4v) is 2.11. The van der Waals surface area contributed by atoms with Gasteiger partial charge in [-0.15, -0.1) is 0 Å². The minimum Gasteiger partial charge on any atom is -0.490 e. The molecule has 0 amide bonds. The van der Waals surface area contributed by atoms with Crippen LogP contribution < -0.4 is 9.47 Å². The highest BCUT2D eigenvalue weighted by Crippen LogP contribution is 2.36. The fourth-order valence-electron chi connectivity index (χ4n) is 1.84. The molecule has 1 rings (SSSR count). The van der Waals surface area contributed by atoms with Gasteiger partial charge >= 0.3 is 0 Å². The first kappa shape index (κ1) is 16.6. The third kappa shape index (κ3) is 5.29. The van der Waals surface area contributed by atoms with Gasteiger partial charge in [0.2, 0.25) is 0 Å². The Morgan fingerprint density at radius 2 is 2.00 bits per heavy atom. The van der Waals surface area contributed by atoms with Crippen molar-refractivity contribution in [1.29, 1.82) is 0 Å². The average molecular weight is 300 g/mol. The molecule has 0 aliphatic heterocycles. The van der Waals surface area contributed by atoms with E-state index in [1.807, 2.05) is 6.92 Å². The Labute approximate surface area is 125 Å². The smallest absolute Gasteiger partial charge is 0.179 e. The van der Waals surface area contributed by atoms with Gasteiger partial charge < -0.3 is 14.7 Å². The summed E-state index contributed by atoms with van der Waals surface area (Å²) >= 11 is 6.20. The lowest BCUT2D eigenvalue weighted by Gasteiger charge is -2.14. The zero-order valence-electron chi connectivity index (χ0n) is 12.1. The van der Waals surface area contributed by atoms with E-state index in [2.05, 4.69) is 12.1 Å². The molecule has 1 aromatic carbocycles. The molecule has 0 aliphatic carbocycles. The van der Waals surface area contributed by atoms with E-state index in [-0.39, 0.29) is 0 Å². The minimum atomic E-state index is 0.460. The molecule has 20 heavy (non-hydrogen) atoms. The summed E-state index contributed by atoms with van der Waals surface area (Å²) in [5.74, 6) is 1.13. The normalized spacial score (nSPS) is 10.9. The predicted octanol–water partition coefficient (Wildman–Crippen LogP) is 4.51. The number of oxime groups is 1. The Kier molecular flexibility index (Phi) is 7.88. The van der Waals surface area contributed by atoms with Crippen LogP contribution in [-0.4, -0.2) is 24.6 Å². The van der Waals surface area contributed by atoms with Crippen molar-refractivity contribution in [2.45, 2.75) is 39.5 Å². The number of hydrogen-bond acceptors (Lipinski definition) is 4. The van der Waals surface area contributed by atoms with Crippen molar-refractivity contribution in [3.05, 3.63) is 22.7 Å². The average Bonchev–Trinajstić information content (AvgIpc) is 2.42. The maximum Gasteiger partial charge on any atom is 0.179 e. The van der Waals surface area contributed by atoms with E-state index in [9.17, 15) is 0 Å². The molecule has 0 fully saturated rings. The highest BCUT2D eigenvalue weighted by atomic mass is 35.5. The summed E-state index contributed by atoms with van der Waals surface area (Å²) in [5.41, 5.74) is 0.666. The topological polar surface area (TPSA) is 51.0 Å². The number of ether oxygens (including phenoxy) is 2. The fraction of sp³-hybridized carbons (Fsp3) is 0.533. The molecule has 1 aromatic rings. The third-order valence-electron chi connectivity index (χ3n) is 2.78. The lowest BCUT2D eigenvalue weighted by molar-refractivity contribution is 0.270. The molecule has 1 N–H and O–H groups in total. The zero-order valence-corrected chi connectivity index (χ0v) is 12.8. The van der Waals surface area contributed by atoms with Gasteiger partial charge in [-0.3, -0.25) is 0 Å². The highest BCUT2D eigenvalue weighted by molar-refractivity contribution is 6.32. The maximum atomic E-state index is 8.58. The maximum absolute atomic E-state index is 8.58. The van der Waals surface area contributed by atoms with Crippen molar-refractivity contribution in [1.82, 2.24) is 0 Å². The largest absolute Gasteiger partial charge is 0.490 e. The number of unbranched alkanes of at least 4 members (excludes halogenated alkanes) is 3. The molecule has 112 valence electrons. The number of halogens is 1. The van der Waals surface area contributed by atoms with Crippen LogP contribution in [0.5, 0.6) is 11.5 Å². The van der Waals surface area contributed by atoms with Gasteiger partial charge in [0.05, 0.1) is 24.5 Å². The quantitative estimate of drug-likeness (QED) is 0.316. The van der Waals surface area contributed by atoms with E-state index in [0.717, 1.165) is 12.8 Å². The monoisotopic (exact) mass is 299 g/mol. The lowest BCUT2D eigenvalue weighted by Crippen LogP contribution is -2.02. The van der Waals surface area contributed by atoms with Crippen LogP contribution in [0.4, 0.5) is 0 Å². The van der Waals surface area contributed by atoms with Crippen molar-refractivity contribution in [2.75, 3.05) is 13.2 Å². The Balaban J connectivity index is 2.76. The van der Waals surface area contributed by atoms with Crippen molar-refractivity contribution >= 4 is 17.8 Å². The van der Waals surface area contributed by atoms with Crippen LogP contribution in [0.2, 0.25) is 5.02 Å². The summed E-state index contributed by atoms with van der Waals surface area (Å²) < 4.78 is 11.3. The van der Waals surface area contributed by atoms with Crippen LogP contribution in [0.3, 0.4) is 0 Å². The second kappa shape index (κ2) is 9.48. The summed E-state index contributed by atoms with van der Waals surface area (Å²) in [6, 6.07) is 3.43. The Morgan fingerprint density at radius 3 is 2.65 bits per heavy atom. The Hall–Kier alpha value is -1.42. The first-order valence-electron chi connectivity index (χ1n) is 6.99. The second-order valence-corrected chi connectivity index (χ2v) is 4.82. The van der Waals surface area contributed by atoms with Crippen molar-refractivity contribution in [3.8, 4) is 11.5 Å². The lowest BCUT2D eigenvalue weighted by atomic mass is 10.2. The second-order valence-electron chi connectivity index (χ2n) is 4.42. The molecule has 0 bridgehead atoms. The van der Waals surface area contributed by atoms with E-state index >= 15 is 0 Å². The van der Waals surface area contributed by atoms with Crippen LogP contribution in [0.1, 0.15) is 45.1 Å². The molecule has 5 heteroatoms. The van der Waals surface area contributed by atoms with Gasteiger partial charge in [-0.25, -0.2) is 0 Å². The molecular weight excluding hydrogens is 278 g/mol. The molecule has 0 atom stereocenters. The van der Waals surface area contributed by atoms with E-state index in [1.165, 1.54) is 19.1 Å². The first-order valence-corrected chi connectivity index (χ1v) is 7.37. The molecule has 0 aromatic heterocycles. The molecular formula is C15H22ClNO3. The highest BCUT2D eigenvalue weighted by Gasteiger charge is 2.12. The molecule has 0 aliphatic rings. The van der Waals surface area contributed by atoms with Gasteiger partial charge in [0.1, 0.15) is 0 Å². The van der Waals surface area contributed by atoms with Gasteiger partial charge in [0, 0.05) is 5.56 Å². The van der Waals surface area contributed by atoms with E-state index in [4.69, 9.17) is 26.3 Å². The van der Waals surface area contributed by atoms with Crippen LogP contribution in [-0.2, 0) is 0 Å². The van der Waals surface area contributed by atoms with Gasteiger partial charge in [-0.2, -0.15) is 0 Å². The van der Waals surface area contributed by atoms with Gasteiger partial charge in [-0.1, -0.05) is 42.9 Å². The van der Waals surface area contributed by atoms with Gasteiger partial charge in [0.15, 0.2) is 11.5 Å². The van der Waals surface area contributed by atoms with E-state index in [0.29, 0.717) is 35.3 Å². The summed E-state index contributed by atoms with van der Waals surface area (Å²) in [4.78, 5) is 0. The Bertz CT molecular complexity index is 435. The molecule has 0 saturated carbocycles. The van der Waals surface area contributed by atoms with Crippen molar-refractivity contribution in [2.24, 2.45) is 5.16 Å². The van der Waals surface area contributed by atoms with Crippen LogP contribution in [0, 0.1) is 0 Å². The summed E-state index contributed by atoms with van der Waals surface area (Å²) in [5, 5.41) is 12.0. The van der Waals surface area contributed by atoms with E-state index in [1.54, 1.807) is 12.1 Å². The Morgan fingerprint density at radius 1 is 1.20 bits per heavy atom. The first-order chi connectivity index (χ1) is 9.72. The van der Waals surface area contributed by atoms with Gasteiger partial charge in [-0.05, 0) is 25.5 Å². The standard InChI is InChI=1S/C15H22ClNO3/c1-3-5-6-7-8-20-15-13(16)9-12(11-17-18)10-14(15)19-4-2/h9-11,18H,3-8H2,1-2H3/b17-11+. The van der Waals surface area contributed by atoms with Crippen LogP contribution in [0.15, 0.2) is 17.3 Å². The third-order valence-corrected chi connectivity index (χ3v) is 3.06. The van der Waals surface area contributed by atoms with Gasteiger partial charge in [0.25, 0.3) is 0 Å². The number of hydrogen-bond donors (Lipinski definition) is 1. The number of nitrogens with zero attached hydrogens (tertiary/aromatic N) is 1. The summed E-state index contributed by atoms with van der Waals surface area (Å²) in [7, 11) is 0. The van der Waals surface area contributed by atoms with Crippen LogP contribution in [0.25, 0.3) is 0 Å². The molecule has 0 heterocycles. The zero-order chi connectivity index (χ0) is 14.8. The molecule has 0 radical (unpaired) electrons. The van der Waals surface area contributed by atoms with E-state index < -0.39 is 0 Å². The predicted molar refractivity (Wildman–Crippen MR) is 81.6 cm³/mol. The number of benzene rings is 1. The summed E-state index contributed by atoms with van der Waals surface area (Å²) in [6.07, 6.45) is 5.85. The molecule has 0 saturated heterocycles. The minimum absolute atomic E-state index is 0.460. The van der Waals surface area contributed by atoms with Crippen molar-refractivity contribution in [3.63, 3.8) is 0 Å². The van der Waals surface area contributed by atoms with Crippen molar-refractivity contribution < 1.29 is 14.7 Å². The number of rotatable bonds is 9. The molecule has 0 spiro atoms. The molecule has 4 nitrogen and oxygen atoms in total. The SMILES string of the molecule is CCCCCCOc1c(Cl)cc(/C=N/O)cc1OCC. The summed E-state index contributed by atoms with van der Waals surface area (Å²) in [6.45, 7) is 5.20. The van der Waals surface area contributed by atoms with Crippen LogP contribution >= 0.6 is 11.6 Å². The molecule has 0 unspecified atom stereocenters.